The van der Waals surface area contributed by atoms with Crippen LogP contribution < -0.4 is 14.2 Å². The van der Waals surface area contributed by atoms with Crippen molar-refractivity contribution in [3.63, 3.8) is 0 Å². The summed E-state index contributed by atoms with van der Waals surface area (Å²) in [5.74, 6) is 0.888. The fourth-order valence-corrected chi connectivity index (χ4v) is 3.42. The Balaban J connectivity index is 2.14. The Kier molecular flexibility index (Phi) is 3.66. The van der Waals surface area contributed by atoms with Crippen molar-refractivity contribution in [2.45, 2.75) is 37.5 Å². The molecule has 1 saturated carbocycles. The van der Waals surface area contributed by atoms with Crippen LogP contribution in [0.2, 0.25) is 0 Å². The number of carboxylic acid groups (broad SMARTS) is 1. The zero-order valence-electron chi connectivity index (χ0n) is 12.2. The van der Waals surface area contributed by atoms with Crippen LogP contribution in [-0.2, 0) is 10.2 Å². The van der Waals surface area contributed by atoms with E-state index in [4.69, 9.17) is 14.2 Å². The molecule has 1 aliphatic carbocycles. The number of carboxylic acids is 1. The van der Waals surface area contributed by atoms with Gasteiger partial charge in [-0.15, -0.1) is 0 Å². The normalized spacial score (nSPS) is 19.9. The van der Waals surface area contributed by atoms with Crippen LogP contribution in [-0.4, -0.2) is 31.4 Å². The first-order valence-electron chi connectivity index (χ1n) is 7.39. The Morgan fingerprint density at radius 2 is 1.90 bits per heavy atom. The van der Waals surface area contributed by atoms with Crippen molar-refractivity contribution in [2.24, 2.45) is 0 Å². The summed E-state index contributed by atoms with van der Waals surface area (Å²) >= 11 is 0. The Bertz CT molecular complexity index is 546. The van der Waals surface area contributed by atoms with Crippen LogP contribution in [0.1, 0.15) is 37.7 Å². The molecule has 1 N–H and O–H groups in total. The van der Waals surface area contributed by atoms with Crippen molar-refractivity contribution < 1.29 is 24.1 Å². The van der Waals surface area contributed by atoms with Gasteiger partial charge in [0.05, 0.1) is 12.5 Å². The van der Waals surface area contributed by atoms with Gasteiger partial charge >= 0.3 is 5.97 Å². The van der Waals surface area contributed by atoms with Gasteiger partial charge in [0.25, 0.3) is 0 Å². The molecule has 5 nitrogen and oxygen atoms in total. The highest BCUT2D eigenvalue weighted by Crippen LogP contribution is 2.50. The van der Waals surface area contributed by atoms with E-state index in [-0.39, 0.29) is 0 Å². The van der Waals surface area contributed by atoms with E-state index in [1.54, 1.807) is 13.2 Å². The maximum absolute atomic E-state index is 12.0. The molecule has 0 radical (unpaired) electrons. The maximum atomic E-state index is 12.0. The van der Waals surface area contributed by atoms with Gasteiger partial charge in [-0.05, 0) is 18.9 Å². The average molecular weight is 292 g/mol. The van der Waals surface area contributed by atoms with Crippen LogP contribution in [0.5, 0.6) is 17.2 Å². The minimum absolute atomic E-state index is 0.451. The van der Waals surface area contributed by atoms with Crippen LogP contribution in [0, 0.1) is 0 Å². The summed E-state index contributed by atoms with van der Waals surface area (Å²) in [6, 6.07) is 3.62. The van der Waals surface area contributed by atoms with Gasteiger partial charge in [-0.2, -0.15) is 0 Å². The molecule has 3 rings (SSSR count). The molecule has 1 aromatic rings. The lowest BCUT2D eigenvalue weighted by atomic mass is 9.69. The van der Waals surface area contributed by atoms with Crippen LogP contribution in [0.25, 0.3) is 0 Å². The van der Waals surface area contributed by atoms with Gasteiger partial charge in [0.2, 0.25) is 5.75 Å². The number of carbonyl (C=O) groups is 1. The van der Waals surface area contributed by atoms with E-state index in [0.29, 0.717) is 48.9 Å². The molecule has 0 aromatic heterocycles. The summed E-state index contributed by atoms with van der Waals surface area (Å²) in [7, 11) is 1.55. The molecule has 1 aromatic carbocycles. The van der Waals surface area contributed by atoms with E-state index in [9.17, 15) is 9.90 Å². The minimum atomic E-state index is -0.876. The summed E-state index contributed by atoms with van der Waals surface area (Å²) in [5.41, 5.74) is -0.166. The Morgan fingerprint density at radius 3 is 2.57 bits per heavy atom. The van der Waals surface area contributed by atoms with Crippen LogP contribution >= 0.6 is 0 Å². The molecule has 0 spiro atoms. The van der Waals surface area contributed by atoms with Crippen LogP contribution in [0.4, 0.5) is 0 Å². The summed E-state index contributed by atoms with van der Waals surface area (Å²) in [6.45, 7) is 0.951. The number of hydrogen-bond donors (Lipinski definition) is 1. The number of benzene rings is 1. The molecule has 0 atom stereocenters. The predicted octanol–water partition coefficient (Wildman–Crippen LogP) is 2.75. The number of ether oxygens (including phenoxy) is 3. The van der Waals surface area contributed by atoms with Crippen molar-refractivity contribution in [3.8, 4) is 17.2 Å². The van der Waals surface area contributed by atoms with E-state index in [0.717, 1.165) is 19.3 Å². The van der Waals surface area contributed by atoms with Crippen molar-refractivity contribution in [1.29, 1.82) is 0 Å². The Morgan fingerprint density at radius 1 is 1.19 bits per heavy atom. The van der Waals surface area contributed by atoms with Gasteiger partial charge in [-0.1, -0.05) is 25.3 Å². The van der Waals surface area contributed by atoms with Gasteiger partial charge in [0, 0.05) is 5.56 Å². The highest BCUT2D eigenvalue weighted by molar-refractivity contribution is 5.83. The molecule has 114 valence electrons. The predicted molar refractivity (Wildman–Crippen MR) is 76.4 cm³/mol. The number of rotatable bonds is 3. The first-order chi connectivity index (χ1) is 10.2. The summed E-state index contributed by atoms with van der Waals surface area (Å²) < 4.78 is 16.7. The van der Waals surface area contributed by atoms with E-state index in [2.05, 4.69) is 0 Å². The molecular formula is C16H20O5. The molecule has 2 aliphatic rings. The molecule has 0 amide bonds. The quantitative estimate of drug-likeness (QED) is 0.928. The number of aliphatic carboxylic acids is 1. The maximum Gasteiger partial charge on any atom is 0.314 e. The molecule has 0 saturated heterocycles. The lowest BCUT2D eigenvalue weighted by molar-refractivity contribution is -0.145. The van der Waals surface area contributed by atoms with Crippen LogP contribution in [0.15, 0.2) is 12.1 Å². The van der Waals surface area contributed by atoms with Gasteiger partial charge in [-0.3, -0.25) is 4.79 Å². The molecule has 5 heteroatoms. The Hall–Kier alpha value is -1.91. The van der Waals surface area contributed by atoms with E-state index in [1.165, 1.54) is 0 Å². The zero-order chi connectivity index (χ0) is 14.9. The topological polar surface area (TPSA) is 65.0 Å². The van der Waals surface area contributed by atoms with Gasteiger partial charge in [0.15, 0.2) is 11.5 Å². The molecular weight excluding hydrogens is 272 g/mol. The molecule has 0 unspecified atom stereocenters. The van der Waals surface area contributed by atoms with E-state index >= 15 is 0 Å². The molecule has 1 fully saturated rings. The third-order valence-electron chi connectivity index (χ3n) is 4.50. The summed E-state index contributed by atoms with van der Waals surface area (Å²) in [4.78, 5) is 12.0. The van der Waals surface area contributed by atoms with Gasteiger partial charge < -0.3 is 19.3 Å². The minimum Gasteiger partial charge on any atom is -0.492 e. The molecule has 1 aliphatic heterocycles. The van der Waals surface area contributed by atoms with E-state index < -0.39 is 11.4 Å². The van der Waals surface area contributed by atoms with Crippen molar-refractivity contribution in [3.05, 3.63) is 17.7 Å². The largest absolute Gasteiger partial charge is 0.492 e. The zero-order valence-corrected chi connectivity index (χ0v) is 12.2. The summed E-state index contributed by atoms with van der Waals surface area (Å²) in [5, 5.41) is 9.84. The SMILES string of the molecule is COc1c(C2(C(=O)O)CCCCC2)ccc2c1OCCO2. The first-order valence-corrected chi connectivity index (χ1v) is 7.39. The molecule has 0 bridgehead atoms. The lowest BCUT2D eigenvalue weighted by Crippen LogP contribution is -2.38. The number of hydrogen-bond acceptors (Lipinski definition) is 4. The second kappa shape index (κ2) is 5.47. The Labute approximate surface area is 123 Å². The first kappa shape index (κ1) is 14.0. The monoisotopic (exact) mass is 292 g/mol. The van der Waals surface area contributed by atoms with Crippen molar-refractivity contribution >= 4 is 5.97 Å². The van der Waals surface area contributed by atoms with Crippen LogP contribution in [0.3, 0.4) is 0 Å². The van der Waals surface area contributed by atoms with Gasteiger partial charge in [-0.25, -0.2) is 0 Å². The van der Waals surface area contributed by atoms with E-state index in [1.807, 2.05) is 6.07 Å². The lowest BCUT2D eigenvalue weighted by Gasteiger charge is -2.35. The van der Waals surface area contributed by atoms with Crippen molar-refractivity contribution in [1.82, 2.24) is 0 Å². The van der Waals surface area contributed by atoms with Gasteiger partial charge in [0.1, 0.15) is 13.2 Å². The molecule has 21 heavy (non-hydrogen) atoms. The average Bonchev–Trinajstić information content (AvgIpc) is 2.54. The third-order valence-corrected chi connectivity index (χ3v) is 4.50. The number of methoxy groups -OCH3 is 1. The standard InChI is InChI=1S/C16H20O5/c1-19-13-11(5-6-12-14(13)21-10-9-20-12)16(15(17)18)7-3-2-4-8-16/h5-6H,2-4,7-10H2,1H3,(H,17,18). The second-order valence-corrected chi connectivity index (χ2v) is 5.62. The highest BCUT2D eigenvalue weighted by Gasteiger charge is 2.44. The fraction of sp³-hybridized carbons (Fsp3) is 0.562. The molecule has 1 heterocycles. The van der Waals surface area contributed by atoms with Crippen molar-refractivity contribution in [2.75, 3.05) is 20.3 Å². The second-order valence-electron chi connectivity index (χ2n) is 5.62. The highest BCUT2D eigenvalue weighted by atomic mass is 16.6. The summed E-state index contributed by atoms with van der Waals surface area (Å²) in [6.07, 6.45) is 4.20. The number of fused-ring (bicyclic) bond motifs is 1. The fourth-order valence-electron chi connectivity index (χ4n) is 3.42. The third kappa shape index (κ3) is 2.20. The smallest absolute Gasteiger partial charge is 0.314 e.